The summed E-state index contributed by atoms with van der Waals surface area (Å²) in [4.78, 5) is 12.2. The van der Waals surface area contributed by atoms with Gasteiger partial charge in [-0.05, 0) is 30.3 Å². The molecule has 2 N–H and O–H groups in total. The second-order valence-electron chi connectivity index (χ2n) is 4.88. The lowest BCUT2D eigenvalue weighted by Crippen LogP contribution is -2.00. The molecule has 0 saturated heterocycles. The summed E-state index contributed by atoms with van der Waals surface area (Å²) >= 11 is 0. The van der Waals surface area contributed by atoms with Gasteiger partial charge in [-0.15, -0.1) is 0 Å². The average Bonchev–Trinajstić information content (AvgIpc) is 2.55. The number of rotatable bonds is 3. The van der Waals surface area contributed by atoms with Gasteiger partial charge >= 0.3 is 0 Å². The number of phenolic OH excluding ortho intramolecular Hbond substituents is 2. The largest absolute Gasteiger partial charge is 0.508 e. The smallest absolute Gasteiger partial charge is 0.200 e. The fourth-order valence-corrected chi connectivity index (χ4v) is 2.32. The van der Waals surface area contributed by atoms with Gasteiger partial charge in [-0.1, -0.05) is 0 Å². The van der Waals surface area contributed by atoms with Crippen LogP contribution in [0.25, 0.3) is 22.3 Å². The molecule has 0 spiro atoms. The monoisotopic (exact) mass is 314 g/mol. The Hall–Kier alpha value is -3.15. The van der Waals surface area contributed by atoms with E-state index >= 15 is 0 Å². The summed E-state index contributed by atoms with van der Waals surface area (Å²) < 4.78 is 15.9. The van der Waals surface area contributed by atoms with Crippen LogP contribution in [0.5, 0.6) is 23.0 Å². The Labute approximate surface area is 131 Å². The molecular formula is C17H14O6. The third-order valence-electron chi connectivity index (χ3n) is 3.48. The summed E-state index contributed by atoms with van der Waals surface area (Å²) in [5.41, 5.74) is 0.572. The van der Waals surface area contributed by atoms with Crippen molar-refractivity contribution in [2.24, 2.45) is 0 Å². The van der Waals surface area contributed by atoms with E-state index < -0.39 is 0 Å². The van der Waals surface area contributed by atoms with Crippen LogP contribution in [0.15, 0.2) is 45.6 Å². The summed E-state index contributed by atoms with van der Waals surface area (Å²) in [5, 5.41) is 19.7. The van der Waals surface area contributed by atoms with E-state index in [4.69, 9.17) is 13.9 Å². The second-order valence-corrected chi connectivity index (χ2v) is 4.88. The highest BCUT2D eigenvalue weighted by Gasteiger charge is 2.15. The van der Waals surface area contributed by atoms with E-state index in [2.05, 4.69) is 0 Å². The van der Waals surface area contributed by atoms with Crippen LogP contribution >= 0.6 is 0 Å². The molecule has 0 radical (unpaired) electrons. The van der Waals surface area contributed by atoms with Crippen molar-refractivity contribution in [1.82, 2.24) is 0 Å². The van der Waals surface area contributed by atoms with Crippen LogP contribution in [0.1, 0.15) is 0 Å². The first-order valence-electron chi connectivity index (χ1n) is 6.75. The molecule has 0 atom stereocenters. The molecule has 23 heavy (non-hydrogen) atoms. The molecule has 6 nitrogen and oxygen atoms in total. The number of ether oxygens (including phenoxy) is 2. The van der Waals surface area contributed by atoms with Gasteiger partial charge < -0.3 is 24.1 Å². The van der Waals surface area contributed by atoms with Gasteiger partial charge in [-0.25, -0.2) is 0 Å². The number of hydrogen-bond donors (Lipinski definition) is 2. The minimum Gasteiger partial charge on any atom is -0.508 e. The standard InChI is InChI=1S/C17H14O6/c1-21-15-5-9(6-16(22-2)17(15)20)14-8-12(19)11-7-10(18)3-4-13(11)23-14/h3-8,18,20H,1-2H3. The van der Waals surface area contributed by atoms with Crippen molar-refractivity contribution in [3.05, 3.63) is 46.6 Å². The summed E-state index contributed by atoms with van der Waals surface area (Å²) in [7, 11) is 2.83. The molecule has 0 amide bonds. The highest BCUT2D eigenvalue weighted by atomic mass is 16.5. The highest BCUT2D eigenvalue weighted by molar-refractivity contribution is 5.80. The van der Waals surface area contributed by atoms with Gasteiger partial charge in [0, 0.05) is 11.6 Å². The third-order valence-corrected chi connectivity index (χ3v) is 3.48. The fraction of sp³-hybridized carbons (Fsp3) is 0.118. The zero-order valence-electron chi connectivity index (χ0n) is 12.5. The van der Waals surface area contributed by atoms with E-state index in [0.29, 0.717) is 16.9 Å². The lowest BCUT2D eigenvalue weighted by molar-refractivity contribution is 0.340. The quantitative estimate of drug-likeness (QED) is 0.772. The number of benzene rings is 2. The van der Waals surface area contributed by atoms with Crippen LogP contribution in [0, 0.1) is 0 Å². The Morgan fingerprint density at radius 2 is 1.61 bits per heavy atom. The highest BCUT2D eigenvalue weighted by Crippen LogP contribution is 2.40. The molecule has 0 aliphatic carbocycles. The maximum Gasteiger partial charge on any atom is 0.200 e. The summed E-state index contributed by atoms with van der Waals surface area (Å²) in [6.45, 7) is 0. The molecule has 0 fully saturated rings. The number of methoxy groups -OCH3 is 2. The number of phenols is 2. The zero-order chi connectivity index (χ0) is 16.6. The molecule has 2 aromatic carbocycles. The van der Waals surface area contributed by atoms with E-state index in [1.54, 1.807) is 12.1 Å². The van der Waals surface area contributed by atoms with Gasteiger partial charge in [0.15, 0.2) is 16.9 Å². The van der Waals surface area contributed by atoms with Gasteiger partial charge in [0.25, 0.3) is 0 Å². The van der Waals surface area contributed by atoms with Crippen LogP contribution in [-0.2, 0) is 0 Å². The lowest BCUT2D eigenvalue weighted by atomic mass is 10.1. The molecule has 0 aliphatic rings. The number of hydrogen-bond acceptors (Lipinski definition) is 6. The molecule has 0 unspecified atom stereocenters. The van der Waals surface area contributed by atoms with Gasteiger partial charge in [0.2, 0.25) is 5.75 Å². The zero-order valence-corrected chi connectivity index (χ0v) is 12.5. The van der Waals surface area contributed by atoms with Gasteiger partial charge in [-0.3, -0.25) is 4.79 Å². The summed E-state index contributed by atoms with van der Waals surface area (Å²) in [6.07, 6.45) is 0. The molecule has 118 valence electrons. The number of aromatic hydroxyl groups is 2. The summed E-state index contributed by atoms with van der Waals surface area (Å²) in [6, 6.07) is 8.71. The first kappa shape index (κ1) is 14.8. The fourth-order valence-electron chi connectivity index (χ4n) is 2.32. The van der Waals surface area contributed by atoms with Crippen molar-refractivity contribution in [1.29, 1.82) is 0 Å². The molecule has 3 aromatic rings. The predicted octanol–water partition coefficient (Wildman–Crippen LogP) is 2.89. The lowest BCUT2D eigenvalue weighted by Gasteiger charge is -2.11. The van der Waals surface area contributed by atoms with E-state index in [9.17, 15) is 15.0 Å². The topological polar surface area (TPSA) is 89.1 Å². The van der Waals surface area contributed by atoms with Crippen LogP contribution in [0.2, 0.25) is 0 Å². The van der Waals surface area contributed by atoms with Crippen LogP contribution in [-0.4, -0.2) is 24.4 Å². The van der Waals surface area contributed by atoms with Crippen molar-refractivity contribution >= 4 is 11.0 Å². The number of fused-ring (bicyclic) bond motifs is 1. The molecule has 1 heterocycles. The van der Waals surface area contributed by atoms with E-state index in [1.807, 2.05) is 0 Å². The minimum absolute atomic E-state index is 0.00878. The van der Waals surface area contributed by atoms with Gasteiger partial charge in [0.1, 0.15) is 17.1 Å². The van der Waals surface area contributed by atoms with Crippen LogP contribution in [0.4, 0.5) is 0 Å². The Kier molecular flexibility index (Phi) is 3.57. The van der Waals surface area contributed by atoms with E-state index in [-0.39, 0.29) is 33.8 Å². The average molecular weight is 314 g/mol. The minimum atomic E-state index is -0.289. The first-order valence-corrected chi connectivity index (χ1v) is 6.75. The second kappa shape index (κ2) is 5.57. The Morgan fingerprint density at radius 3 is 2.22 bits per heavy atom. The maximum atomic E-state index is 12.2. The van der Waals surface area contributed by atoms with Crippen molar-refractivity contribution in [2.75, 3.05) is 14.2 Å². The van der Waals surface area contributed by atoms with E-state index in [1.165, 1.54) is 38.5 Å². The Balaban J connectivity index is 2.24. The molecule has 3 rings (SSSR count). The Bertz CT molecular complexity index is 916. The first-order chi connectivity index (χ1) is 11.0. The normalized spacial score (nSPS) is 10.7. The van der Waals surface area contributed by atoms with Gasteiger partial charge in [-0.2, -0.15) is 0 Å². The maximum absolute atomic E-state index is 12.2. The van der Waals surface area contributed by atoms with Crippen molar-refractivity contribution in [3.8, 4) is 34.3 Å². The van der Waals surface area contributed by atoms with Crippen LogP contribution < -0.4 is 14.9 Å². The molecule has 0 bridgehead atoms. The Morgan fingerprint density at radius 1 is 0.957 bits per heavy atom. The van der Waals surface area contributed by atoms with Crippen molar-refractivity contribution in [3.63, 3.8) is 0 Å². The van der Waals surface area contributed by atoms with Gasteiger partial charge in [0.05, 0.1) is 19.6 Å². The van der Waals surface area contributed by atoms with E-state index in [0.717, 1.165) is 0 Å². The molecular weight excluding hydrogens is 300 g/mol. The predicted molar refractivity (Wildman–Crippen MR) is 84.4 cm³/mol. The van der Waals surface area contributed by atoms with Crippen LogP contribution in [0.3, 0.4) is 0 Å². The third kappa shape index (κ3) is 2.55. The molecule has 0 aliphatic heterocycles. The molecule has 1 aromatic heterocycles. The SMILES string of the molecule is COc1cc(-c2cc(=O)c3cc(O)ccc3o2)cc(OC)c1O. The molecule has 0 saturated carbocycles. The van der Waals surface area contributed by atoms with Crippen molar-refractivity contribution in [2.45, 2.75) is 0 Å². The molecule has 6 heteroatoms. The van der Waals surface area contributed by atoms with Crippen molar-refractivity contribution < 1.29 is 24.1 Å². The summed E-state index contributed by atoms with van der Waals surface area (Å²) in [5.74, 6) is 0.558.